The average molecular weight is 632 g/mol. The van der Waals surface area contributed by atoms with Crippen LogP contribution < -0.4 is 9.47 Å². The molecule has 0 heterocycles. The first-order valence-electron chi connectivity index (χ1n) is 14.6. The Bertz CT molecular complexity index is 1120. The fraction of sp³-hybridized carbons (Fsp3) is 0.486. The van der Waals surface area contributed by atoms with Gasteiger partial charge in [0.1, 0.15) is 43.6 Å². The molecule has 0 spiro atoms. The van der Waals surface area contributed by atoms with Crippen LogP contribution in [-0.4, -0.2) is 50.8 Å². The number of rotatable bonds is 17. The van der Waals surface area contributed by atoms with E-state index >= 15 is 0 Å². The van der Waals surface area contributed by atoms with E-state index in [9.17, 15) is 4.39 Å². The van der Waals surface area contributed by atoms with E-state index in [1.807, 2.05) is 24.0 Å². The fourth-order valence-electron chi connectivity index (χ4n) is 4.65. The van der Waals surface area contributed by atoms with E-state index < -0.39 is 0 Å². The van der Waals surface area contributed by atoms with Gasteiger partial charge in [0.2, 0.25) is 0 Å². The molecule has 0 atom stereocenters. The largest absolute Gasteiger partial charge is 0.491 e. The predicted molar refractivity (Wildman–Crippen MR) is 173 cm³/mol. The normalized spacial score (nSPS) is 11.5. The molecule has 4 nitrogen and oxygen atoms in total. The van der Waals surface area contributed by atoms with Crippen molar-refractivity contribution >= 4 is 15.9 Å². The Morgan fingerprint density at radius 3 is 2.10 bits per heavy atom. The van der Waals surface area contributed by atoms with Gasteiger partial charge in [-0.3, -0.25) is 0 Å². The Labute approximate surface area is 256 Å². The summed E-state index contributed by atoms with van der Waals surface area (Å²) in [6.45, 7) is 10.8. The third kappa shape index (κ3) is 13.4. The number of unbranched alkanes of at least 4 members (excludes halogenated alkanes) is 2. The minimum absolute atomic E-state index is 0.196. The van der Waals surface area contributed by atoms with Crippen molar-refractivity contribution in [2.75, 3.05) is 46.3 Å². The maximum atomic E-state index is 13.3. The first kappa shape index (κ1) is 34.8. The Balaban J connectivity index is 0.00000287. The second kappa shape index (κ2) is 18.2. The van der Waals surface area contributed by atoms with Crippen molar-refractivity contribution in [1.82, 2.24) is 0 Å². The van der Waals surface area contributed by atoms with Crippen LogP contribution in [0.3, 0.4) is 0 Å². The number of nitrogens with zero attached hydrogens (tertiary/aromatic N) is 1. The molecular weight excluding hydrogens is 581 g/mol. The second-order valence-electron chi connectivity index (χ2n) is 11.7. The Morgan fingerprint density at radius 1 is 0.780 bits per heavy atom. The summed E-state index contributed by atoms with van der Waals surface area (Å²) in [4.78, 5) is 0. The van der Waals surface area contributed by atoms with Gasteiger partial charge in [-0.1, -0.05) is 80.2 Å². The van der Waals surface area contributed by atoms with Crippen LogP contribution in [0.15, 0.2) is 72.8 Å². The maximum absolute atomic E-state index is 13.3. The molecule has 3 aromatic carbocycles. The van der Waals surface area contributed by atoms with Crippen molar-refractivity contribution in [2.24, 2.45) is 0 Å². The zero-order chi connectivity index (χ0) is 30.1. The molecule has 0 aromatic heterocycles. The second-order valence-corrected chi connectivity index (χ2v) is 11.7. The number of likely N-dealkylation sites (N-methyl/N-ethyl adjacent to an activating group) is 1. The van der Waals surface area contributed by atoms with E-state index in [-0.39, 0.29) is 11.2 Å². The predicted octanol–water partition coefficient (Wildman–Crippen LogP) is 8.95. The molecule has 0 saturated carbocycles. The van der Waals surface area contributed by atoms with Crippen LogP contribution >= 0.6 is 15.9 Å². The van der Waals surface area contributed by atoms with Gasteiger partial charge < -0.3 is 18.7 Å². The van der Waals surface area contributed by atoms with E-state index in [0.717, 1.165) is 34.6 Å². The van der Waals surface area contributed by atoms with E-state index in [1.54, 1.807) is 6.07 Å². The van der Waals surface area contributed by atoms with Crippen molar-refractivity contribution in [2.45, 2.75) is 65.0 Å². The SMILES string of the molecule is CBr.CCCCCC(C)(C)c1ccc(OCCOCC[N+](C)(C)Cc2ccc(OCc3cccc(F)c3)cc2)cc1. The van der Waals surface area contributed by atoms with Crippen LogP contribution in [0.5, 0.6) is 11.5 Å². The van der Waals surface area contributed by atoms with E-state index in [1.165, 1.54) is 48.9 Å². The van der Waals surface area contributed by atoms with Crippen molar-refractivity contribution < 1.29 is 23.1 Å². The van der Waals surface area contributed by atoms with Gasteiger partial charge in [0.05, 0.1) is 27.3 Å². The van der Waals surface area contributed by atoms with Crippen molar-refractivity contribution in [3.8, 4) is 11.5 Å². The average Bonchev–Trinajstić information content (AvgIpc) is 2.96. The summed E-state index contributed by atoms with van der Waals surface area (Å²) >= 11 is 2.94. The smallest absolute Gasteiger partial charge is 0.123 e. The number of halogens is 2. The lowest BCUT2D eigenvalue weighted by Gasteiger charge is -2.29. The topological polar surface area (TPSA) is 27.7 Å². The van der Waals surface area contributed by atoms with Crippen LogP contribution in [0.2, 0.25) is 0 Å². The Hall–Kier alpha value is -2.41. The molecule has 0 radical (unpaired) electrons. The number of ether oxygens (including phenoxy) is 3. The third-order valence-corrected chi connectivity index (χ3v) is 7.21. The number of hydrogen-bond donors (Lipinski definition) is 0. The zero-order valence-corrected chi connectivity index (χ0v) is 27.5. The molecular formula is C35H50BrFNO3+. The van der Waals surface area contributed by atoms with Gasteiger partial charge >= 0.3 is 0 Å². The highest BCUT2D eigenvalue weighted by atomic mass is 79.9. The lowest BCUT2D eigenvalue weighted by molar-refractivity contribution is -0.904. The van der Waals surface area contributed by atoms with Gasteiger partial charge in [-0.2, -0.15) is 0 Å². The Kier molecular flexibility index (Phi) is 15.4. The molecule has 226 valence electrons. The molecule has 41 heavy (non-hydrogen) atoms. The standard InChI is InChI=1S/C34H47FNO3.CH3Br/c1-6-7-8-20-34(2,3)30-14-18-32(19-15-30)38-24-23-37-22-21-36(4,5)26-28-12-16-33(17-13-28)39-27-29-10-9-11-31(35)25-29;1-2/h9-19,25H,6-8,20-24,26-27H2,1-5H3;1H3/q+1;. The molecule has 0 saturated heterocycles. The minimum atomic E-state index is -0.245. The van der Waals surface area contributed by atoms with Gasteiger partial charge in [-0.05, 0) is 77.3 Å². The lowest BCUT2D eigenvalue weighted by Crippen LogP contribution is -2.41. The van der Waals surface area contributed by atoms with Gasteiger partial charge in [0.25, 0.3) is 0 Å². The number of benzene rings is 3. The van der Waals surface area contributed by atoms with Crippen molar-refractivity contribution in [3.05, 3.63) is 95.3 Å². The summed E-state index contributed by atoms with van der Waals surface area (Å²) in [7, 11) is 4.42. The van der Waals surface area contributed by atoms with Crippen molar-refractivity contribution in [3.63, 3.8) is 0 Å². The van der Waals surface area contributed by atoms with Crippen LogP contribution in [0, 0.1) is 5.82 Å². The molecule has 6 heteroatoms. The summed E-state index contributed by atoms with van der Waals surface area (Å²) in [5, 5.41) is 0. The molecule has 0 aliphatic heterocycles. The summed E-state index contributed by atoms with van der Waals surface area (Å²) in [6.07, 6.45) is 5.03. The highest BCUT2D eigenvalue weighted by Gasteiger charge is 2.20. The monoisotopic (exact) mass is 630 g/mol. The summed E-state index contributed by atoms with van der Waals surface area (Å²) in [5.41, 5.74) is 3.62. The quantitative estimate of drug-likeness (QED) is 0.0846. The van der Waals surface area contributed by atoms with Gasteiger partial charge in [-0.15, -0.1) is 0 Å². The van der Waals surface area contributed by atoms with Gasteiger partial charge in [0.15, 0.2) is 0 Å². The molecule has 0 unspecified atom stereocenters. The lowest BCUT2D eigenvalue weighted by atomic mass is 9.80. The van der Waals surface area contributed by atoms with Gasteiger partial charge in [0, 0.05) is 5.56 Å². The van der Waals surface area contributed by atoms with Crippen LogP contribution in [0.4, 0.5) is 4.39 Å². The van der Waals surface area contributed by atoms with Crippen LogP contribution in [-0.2, 0) is 23.3 Å². The summed E-state index contributed by atoms with van der Waals surface area (Å²) < 4.78 is 31.7. The molecule has 0 amide bonds. The summed E-state index contributed by atoms with van der Waals surface area (Å²) in [5.74, 6) is 3.24. The minimum Gasteiger partial charge on any atom is -0.491 e. The van der Waals surface area contributed by atoms with Gasteiger partial charge in [-0.25, -0.2) is 4.39 Å². The molecule has 3 aromatic rings. The van der Waals surface area contributed by atoms with E-state index in [0.29, 0.717) is 26.4 Å². The fourth-order valence-corrected chi connectivity index (χ4v) is 4.65. The van der Waals surface area contributed by atoms with Crippen LogP contribution in [0.1, 0.15) is 63.1 Å². The summed E-state index contributed by atoms with van der Waals surface area (Å²) in [6, 6.07) is 23.2. The molecule has 0 aliphatic carbocycles. The third-order valence-electron chi connectivity index (χ3n) is 7.21. The van der Waals surface area contributed by atoms with Crippen molar-refractivity contribution in [1.29, 1.82) is 0 Å². The molecule has 3 rings (SSSR count). The molecule has 0 aliphatic rings. The number of hydrogen-bond acceptors (Lipinski definition) is 3. The highest BCUT2D eigenvalue weighted by Crippen LogP contribution is 2.30. The first-order chi connectivity index (χ1) is 19.7. The maximum Gasteiger partial charge on any atom is 0.123 e. The highest BCUT2D eigenvalue weighted by molar-refractivity contribution is 9.08. The van der Waals surface area contributed by atoms with E-state index in [2.05, 4.69) is 87.2 Å². The van der Waals surface area contributed by atoms with Crippen LogP contribution in [0.25, 0.3) is 0 Å². The zero-order valence-electron chi connectivity index (χ0n) is 25.9. The number of alkyl halides is 1. The molecule has 0 bridgehead atoms. The number of quaternary nitrogens is 1. The molecule has 0 N–H and O–H groups in total. The van der Waals surface area contributed by atoms with E-state index in [4.69, 9.17) is 14.2 Å². The Morgan fingerprint density at radius 2 is 1.44 bits per heavy atom. The molecule has 0 fully saturated rings. The first-order valence-corrected chi connectivity index (χ1v) is 16.2.